The monoisotopic (exact) mass is 394 g/mol. The first kappa shape index (κ1) is 21.0. The van der Waals surface area contributed by atoms with Gasteiger partial charge in [0.2, 0.25) is 19.7 Å². The molecule has 1 aromatic carbocycles. The minimum absolute atomic E-state index is 0.0220. The van der Waals surface area contributed by atoms with Crippen LogP contribution in [0.15, 0.2) is 18.2 Å². The minimum Gasteiger partial charge on any atom is -0.492 e. The van der Waals surface area contributed by atoms with Crippen LogP contribution in [0.2, 0.25) is 0 Å². The number of carbonyl (C=O) groups is 1. The molecule has 11 heteroatoms. The van der Waals surface area contributed by atoms with Gasteiger partial charge in [0.1, 0.15) is 12.4 Å². The van der Waals surface area contributed by atoms with Crippen LogP contribution >= 0.6 is 0 Å². The number of nitrogens with two attached hydrogens (primary N) is 1. The van der Waals surface area contributed by atoms with Crippen molar-refractivity contribution in [2.24, 2.45) is 0 Å². The maximum Gasteiger partial charge on any atom is 0.409 e. The number of benzene rings is 1. The summed E-state index contributed by atoms with van der Waals surface area (Å²) in [6.45, 7) is 2.67. The molecule has 0 atom stereocenters. The largest absolute Gasteiger partial charge is 0.492 e. The Morgan fingerprint density at radius 1 is 1.20 bits per heavy atom. The molecule has 0 aliphatic rings. The molecular formula is C14H22N2O7S2. The summed E-state index contributed by atoms with van der Waals surface area (Å²) in [6.07, 6.45) is 0.164. The highest BCUT2D eigenvalue weighted by Crippen LogP contribution is 2.24. The Morgan fingerprint density at radius 3 is 2.24 bits per heavy atom. The van der Waals surface area contributed by atoms with Crippen molar-refractivity contribution in [2.75, 3.05) is 31.4 Å². The summed E-state index contributed by atoms with van der Waals surface area (Å²) in [5.74, 6) is 0.541. The molecule has 25 heavy (non-hydrogen) atoms. The Morgan fingerprint density at radius 2 is 1.76 bits per heavy atom. The smallest absolute Gasteiger partial charge is 0.409 e. The number of nitrogens with one attached hydrogen (secondary N) is 1. The van der Waals surface area contributed by atoms with Gasteiger partial charge in [0.05, 0.1) is 6.54 Å². The third-order valence-electron chi connectivity index (χ3n) is 3.51. The van der Waals surface area contributed by atoms with E-state index in [4.69, 9.17) is 10.5 Å². The lowest BCUT2D eigenvalue weighted by Gasteiger charge is -2.25. The Bertz CT molecular complexity index is 816. The summed E-state index contributed by atoms with van der Waals surface area (Å²) < 4.78 is 54.1. The van der Waals surface area contributed by atoms with Crippen LogP contribution < -0.4 is 15.8 Å². The van der Waals surface area contributed by atoms with E-state index < -0.39 is 30.0 Å². The zero-order valence-corrected chi connectivity index (χ0v) is 16.0. The van der Waals surface area contributed by atoms with E-state index >= 15 is 0 Å². The lowest BCUT2D eigenvalue weighted by atomic mass is 10.2. The average Bonchev–Trinajstić information content (AvgIpc) is 2.44. The molecule has 1 rings (SSSR count). The quantitative estimate of drug-likeness (QED) is 0.501. The van der Waals surface area contributed by atoms with Gasteiger partial charge < -0.3 is 20.5 Å². The summed E-state index contributed by atoms with van der Waals surface area (Å²) in [6, 6.07) is 5.05. The Labute approximate surface area is 147 Å². The van der Waals surface area contributed by atoms with E-state index in [9.17, 15) is 21.6 Å². The van der Waals surface area contributed by atoms with Crippen molar-refractivity contribution < 1.29 is 31.1 Å². The number of ether oxygens (including phenoxy) is 2. The Kier molecular flexibility index (Phi) is 6.29. The summed E-state index contributed by atoms with van der Waals surface area (Å²) in [7, 11) is -8.43. The highest BCUT2D eigenvalue weighted by Gasteiger charge is 2.50. The van der Waals surface area contributed by atoms with Gasteiger partial charge in [0, 0.05) is 25.1 Å². The zero-order valence-electron chi connectivity index (χ0n) is 14.4. The molecule has 0 heterocycles. The van der Waals surface area contributed by atoms with Gasteiger partial charge in [-0.1, -0.05) is 0 Å². The molecular weight excluding hydrogens is 372 g/mol. The van der Waals surface area contributed by atoms with Gasteiger partial charge >= 0.3 is 10.4 Å². The Hall–Kier alpha value is -2.01. The molecule has 1 aromatic rings. The third kappa shape index (κ3) is 5.23. The SMILES string of the molecule is Cc1cc(OCCNC(=O)OC(C)(S(C)(=O)=O)S(C)(=O)=O)ccc1N. The molecule has 0 spiro atoms. The predicted octanol–water partition coefficient (Wildman–Crippen LogP) is 0.445. The van der Waals surface area contributed by atoms with Gasteiger partial charge in [-0.05, 0) is 30.7 Å². The van der Waals surface area contributed by atoms with Crippen molar-refractivity contribution in [1.82, 2.24) is 5.32 Å². The molecule has 0 unspecified atom stereocenters. The predicted molar refractivity (Wildman–Crippen MR) is 93.7 cm³/mol. The van der Waals surface area contributed by atoms with E-state index in [0.717, 1.165) is 12.5 Å². The molecule has 9 nitrogen and oxygen atoms in total. The molecule has 142 valence electrons. The summed E-state index contributed by atoms with van der Waals surface area (Å²) in [4.78, 5) is 11.7. The number of hydrogen-bond donors (Lipinski definition) is 2. The first-order valence-electron chi connectivity index (χ1n) is 7.13. The lowest BCUT2D eigenvalue weighted by molar-refractivity contribution is 0.118. The van der Waals surface area contributed by atoms with E-state index in [-0.39, 0.29) is 13.2 Å². The Balaban J connectivity index is 2.61. The molecule has 0 radical (unpaired) electrons. The number of nitrogen functional groups attached to an aromatic ring is 1. The molecule has 0 aliphatic carbocycles. The highest BCUT2D eigenvalue weighted by molar-refractivity contribution is 8.09. The first-order chi connectivity index (χ1) is 11.3. The van der Waals surface area contributed by atoms with Gasteiger partial charge in [-0.3, -0.25) is 0 Å². The van der Waals surface area contributed by atoms with Gasteiger partial charge in [-0.2, -0.15) is 0 Å². The van der Waals surface area contributed by atoms with Gasteiger partial charge in [0.25, 0.3) is 0 Å². The topological polar surface area (TPSA) is 142 Å². The highest BCUT2D eigenvalue weighted by atomic mass is 32.3. The van der Waals surface area contributed by atoms with E-state index in [1.54, 1.807) is 18.2 Å². The fourth-order valence-corrected chi connectivity index (χ4v) is 4.34. The van der Waals surface area contributed by atoms with Crippen LogP contribution in [0.25, 0.3) is 0 Å². The van der Waals surface area contributed by atoms with Crippen LogP contribution in [0.1, 0.15) is 12.5 Å². The molecule has 0 aromatic heterocycles. The first-order valence-corrected chi connectivity index (χ1v) is 10.9. The number of carbonyl (C=O) groups excluding carboxylic acids is 1. The maximum atomic E-state index is 11.7. The lowest BCUT2D eigenvalue weighted by Crippen LogP contribution is -2.48. The van der Waals surface area contributed by atoms with Crippen molar-refractivity contribution in [1.29, 1.82) is 0 Å². The number of hydrogen-bond acceptors (Lipinski definition) is 8. The van der Waals surface area contributed by atoms with Crippen LogP contribution in [0.3, 0.4) is 0 Å². The minimum atomic E-state index is -4.21. The van der Waals surface area contributed by atoms with Crippen molar-refractivity contribution in [2.45, 2.75) is 18.1 Å². The third-order valence-corrected chi connectivity index (χ3v) is 8.18. The number of sulfone groups is 2. The fourth-order valence-electron chi connectivity index (χ4n) is 1.69. The van der Waals surface area contributed by atoms with Crippen LogP contribution in [0, 0.1) is 6.92 Å². The van der Waals surface area contributed by atoms with Crippen LogP contribution in [-0.4, -0.2) is 52.9 Å². The number of rotatable bonds is 7. The standard InChI is InChI=1S/C14H22N2O7S2/c1-10-9-11(5-6-12(10)15)22-8-7-16-13(17)23-14(2,24(3,18)19)25(4,20)21/h5-6,9H,7-8,15H2,1-4H3,(H,16,17). The maximum absolute atomic E-state index is 11.7. The normalized spacial score (nSPS) is 12.5. The van der Waals surface area contributed by atoms with E-state index in [2.05, 4.69) is 10.1 Å². The molecule has 0 saturated heterocycles. The van der Waals surface area contributed by atoms with Gasteiger partial charge in [0.15, 0.2) is 0 Å². The van der Waals surface area contributed by atoms with Crippen molar-refractivity contribution in [3.63, 3.8) is 0 Å². The molecule has 0 saturated carbocycles. The van der Waals surface area contributed by atoms with Gasteiger partial charge in [-0.15, -0.1) is 0 Å². The van der Waals surface area contributed by atoms with Gasteiger partial charge in [-0.25, -0.2) is 21.6 Å². The van der Waals surface area contributed by atoms with Crippen LogP contribution in [0.5, 0.6) is 5.75 Å². The van der Waals surface area contributed by atoms with Crippen molar-refractivity contribution in [3.8, 4) is 5.75 Å². The van der Waals surface area contributed by atoms with E-state index in [0.29, 0.717) is 23.9 Å². The molecule has 0 bridgehead atoms. The molecule has 3 N–H and O–H groups in total. The van der Waals surface area contributed by atoms with Crippen molar-refractivity contribution in [3.05, 3.63) is 23.8 Å². The number of alkyl carbamates (subject to hydrolysis) is 1. The molecule has 0 fully saturated rings. The second-order valence-corrected chi connectivity index (χ2v) is 10.5. The van der Waals surface area contributed by atoms with Crippen LogP contribution in [0.4, 0.5) is 10.5 Å². The summed E-state index contributed by atoms with van der Waals surface area (Å²) >= 11 is 0. The van der Waals surface area contributed by atoms with E-state index in [1.807, 2.05) is 6.92 Å². The second kappa shape index (κ2) is 7.48. The van der Waals surface area contributed by atoms with Crippen LogP contribution in [-0.2, 0) is 24.4 Å². The fraction of sp³-hybridized carbons (Fsp3) is 0.500. The summed E-state index contributed by atoms with van der Waals surface area (Å²) in [5.41, 5.74) is 7.14. The van der Waals surface area contributed by atoms with E-state index in [1.165, 1.54) is 0 Å². The zero-order chi connectivity index (χ0) is 19.5. The number of aryl methyl sites for hydroxylation is 1. The summed E-state index contributed by atoms with van der Waals surface area (Å²) in [5, 5.41) is 2.24. The van der Waals surface area contributed by atoms with Crippen molar-refractivity contribution >= 4 is 31.5 Å². The number of anilines is 1. The second-order valence-electron chi connectivity index (χ2n) is 5.59. The average molecular weight is 394 g/mol. The molecule has 1 amide bonds. The molecule has 0 aliphatic heterocycles. The number of amides is 1.